The van der Waals surface area contributed by atoms with E-state index in [1.54, 1.807) is 42.8 Å². The van der Waals surface area contributed by atoms with Gasteiger partial charge in [0.1, 0.15) is 18.1 Å². The fourth-order valence-electron chi connectivity index (χ4n) is 2.74. The summed E-state index contributed by atoms with van der Waals surface area (Å²) in [6.45, 7) is 4.51. The van der Waals surface area contributed by atoms with Gasteiger partial charge in [0, 0.05) is 25.5 Å². The summed E-state index contributed by atoms with van der Waals surface area (Å²) in [5.41, 5.74) is 0.789. The summed E-state index contributed by atoms with van der Waals surface area (Å²) in [6.07, 6.45) is 2.15. The van der Waals surface area contributed by atoms with E-state index in [0.717, 1.165) is 24.9 Å². The first-order chi connectivity index (χ1) is 14.6. The van der Waals surface area contributed by atoms with E-state index in [4.69, 9.17) is 18.9 Å². The molecule has 0 spiro atoms. The molecule has 0 N–H and O–H groups in total. The van der Waals surface area contributed by atoms with E-state index in [0.29, 0.717) is 16.7 Å². The van der Waals surface area contributed by atoms with Crippen LogP contribution in [0.25, 0.3) is 0 Å². The molecule has 0 aliphatic rings. The van der Waals surface area contributed by atoms with Crippen molar-refractivity contribution in [3.05, 3.63) is 54.6 Å². The number of rotatable bonds is 12. The summed E-state index contributed by atoms with van der Waals surface area (Å²) < 4.78 is 23.2. The molecule has 0 radical (unpaired) electrons. The Hall–Kier alpha value is -2.22. The predicted octanol–water partition coefficient (Wildman–Crippen LogP) is 5.92. The van der Waals surface area contributed by atoms with Gasteiger partial charge in [-0.2, -0.15) is 0 Å². The molecule has 1 unspecified atom stereocenters. The van der Waals surface area contributed by atoms with Crippen LogP contribution in [0.4, 0.5) is 10.5 Å². The van der Waals surface area contributed by atoms with Gasteiger partial charge in [0.2, 0.25) is 0 Å². The quantitative estimate of drug-likeness (QED) is 0.306. The first-order valence-electron chi connectivity index (χ1n) is 10.1. The van der Waals surface area contributed by atoms with Crippen LogP contribution in [-0.4, -0.2) is 38.5 Å². The van der Waals surface area contributed by atoms with Crippen LogP contribution in [0.3, 0.4) is 0 Å². The highest BCUT2D eigenvalue weighted by atomic mass is 32.2. The molecule has 0 aromatic heterocycles. The second-order valence-electron chi connectivity index (χ2n) is 6.61. The highest BCUT2D eigenvalue weighted by Crippen LogP contribution is 2.31. The molecule has 0 saturated heterocycles. The molecular formula is C23H31NO5S. The summed E-state index contributed by atoms with van der Waals surface area (Å²) in [5.74, 6) is 0.977. The minimum Gasteiger partial charge on any atom is -0.488 e. The lowest BCUT2D eigenvalue weighted by Crippen LogP contribution is -2.29. The van der Waals surface area contributed by atoms with Crippen molar-refractivity contribution in [3.8, 4) is 11.5 Å². The molecule has 2 aromatic carbocycles. The van der Waals surface area contributed by atoms with Gasteiger partial charge < -0.3 is 18.9 Å². The van der Waals surface area contributed by atoms with E-state index < -0.39 is 12.4 Å². The number of nitrogens with zero attached hydrogens (tertiary/aromatic N) is 1. The van der Waals surface area contributed by atoms with Crippen molar-refractivity contribution in [3.63, 3.8) is 0 Å². The zero-order chi connectivity index (χ0) is 21.8. The van der Waals surface area contributed by atoms with E-state index in [1.807, 2.05) is 30.3 Å². The van der Waals surface area contributed by atoms with Crippen LogP contribution < -0.4 is 13.8 Å². The van der Waals surface area contributed by atoms with Gasteiger partial charge >= 0.3 is 6.09 Å². The Morgan fingerprint density at radius 3 is 2.33 bits per heavy atom. The molecule has 0 heterocycles. The maximum atomic E-state index is 13.0. The zero-order valence-electron chi connectivity index (χ0n) is 18.1. The average molecular weight is 434 g/mol. The maximum absolute atomic E-state index is 13.0. The lowest BCUT2D eigenvalue weighted by Gasteiger charge is -2.25. The molecule has 1 amide bonds. The Kier molecular flexibility index (Phi) is 10.5. The molecule has 164 valence electrons. The van der Waals surface area contributed by atoms with Crippen LogP contribution >= 0.6 is 11.9 Å². The number of amides is 1. The number of anilines is 1. The molecule has 2 aromatic rings. The largest absolute Gasteiger partial charge is 0.488 e. The Labute approximate surface area is 183 Å². The van der Waals surface area contributed by atoms with Gasteiger partial charge in [-0.05, 0) is 49.1 Å². The number of methoxy groups -OCH3 is 2. The summed E-state index contributed by atoms with van der Waals surface area (Å²) in [5, 5.41) is 0.331. The van der Waals surface area contributed by atoms with E-state index in [-0.39, 0.29) is 6.61 Å². The second kappa shape index (κ2) is 13.2. The molecule has 7 heteroatoms. The van der Waals surface area contributed by atoms with Crippen molar-refractivity contribution in [2.24, 2.45) is 0 Å². The van der Waals surface area contributed by atoms with Crippen LogP contribution in [0.1, 0.15) is 33.1 Å². The third kappa shape index (κ3) is 7.55. The third-order valence-corrected chi connectivity index (χ3v) is 5.84. The van der Waals surface area contributed by atoms with Crippen LogP contribution in [-0.2, 0) is 9.47 Å². The van der Waals surface area contributed by atoms with Gasteiger partial charge in [-0.1, -0.05) is 44.5 Å². The van der Waals surface area contributed by atoms with E-state index in [1.165, 1.54) is 11.9 Å². The minimum absolute atomic E-state index is 0.228. The van der Waals surface area contributed by atoms with Crippen LogP contribution in [0.2, 0.25) is 0 Å². The van der Waals surface area contributed by atoms with Crippen molar-refractivity contribution in [1.29, 1.82) is 0 Å². The molecule has 0 aliphatic heterocycles. The van der Waals surface area contributed by atoms with Crippen molar-refractivity contribution in [2.75, 3.05) is 25.1 Å². The number of hydrogen-bond acceptors (Lipinski definition) is 6. The van der Waals surface area contributed by atoms with Gasteiger partial charge in [-0.25, -0.2) is 9.10 Å². The normalized spacial score (nSPS) is 11.9. The molecule has 6 nitrogen and oxygen atoms in total. The van der Waals surface area contributed by atoms with Gasteiger partial charge in [-0.15, -0.1) is 0 Å². The smallest absolute Gasteiger partial charge is 0.430 e. The van der Waals surface area contributed by atoms with Gasteiger partial charge in [-0.3, -0.25) is 0 Å². The Morgan fingerprint density at radius 2 is 1.70 bits per heavy atom. The molecule has 2 rings (SSSR count). The minimum atomic E-state index is -0.467. The summed E-state index contributed by atoms with van der Waals surface area (Å²) in [6, 6.07) is 16.5. The van der Waals surface area contributed by atoms with E-state index >= 15 is 0 Å². The second-order valence-corrected chi connectivity index (χ2v) is 7.85. The first kappa shape index (κ1) is 24.1. The maximum Gasteiger partial charge on any atom is 0.430 e. The Morgan fingerprint density at radius 1 is 1.00 bits per heavy atom. The van der Waals surface area contributed by atoms with Crippen molar-refractivity contribution in [2.45, 2.75) is 44.6 Å². The highest BCUT2D eigenvalue weighted by molar-refractivity contribution is 8.01. The standard InChI is InChI=1S/C23H31NO5S/c1-5-11-21(6-2)30-24(18-12-8-7-9-13-18)23(25)29-20-15-10-14-19(16-20)28-17-22(26-3)27-4/h7-10,12-16,21-22H,5-6,11,17H2,1-4H3. The third-order valence-electron chi connectivity index (χ3n) is 4.40. The molecule has 0 fully saturated rings. The monoisotopic (exact) mass is 433 g/mol. The molecule has 1 atom stereocenters. The van der Waals surface area contributed by atoms with Crippen LogP contribution in [0.5, 0.6) is 11.5 Å². The first-order valence-corrected chi connectivity index (χ1v) is 11.0. The fraction of sp³-hybridized carbons (Fsp3) is 0.435. The number of hydrogen-bond donors (Lipinski definition) is 0. The lowest BCUT2D eigenvalue weighted by atomic mass is 10.2. The van der Waals surface area contributed by atoms with Crippen LogP contribution in [0, 0.1) is 0 Å². The number of ether oxygens (including phenoxy) is 4. The summed E-state index contributed by atoms with van der Waals surface area (Å²) in [7, 11) is 3.10. The number of carbonyl (C=O) groups is 1. The highest BCUT2D eigenvalue weighted by Gasteiger charge is 2.23. The molecular weight excluding hydrogens is 402 g/mol. The molecule has 0 bridgehead atoms. The average Bonchev–Trinajstić information content (AvgIpc) is 2.78. The summed E-state index contributed by atoms with van der Waals surface area (Å²) in [4.78, 5) is 13.0. The summed E-state index contributed by atoms with van der Waals surface area (Å²) >= 11 is 1.51. The Balaban J connectivity index is 2.12. The molecule has 30 heavy (non-hydrogen) atoms. The molecule has 0 saturated carbocycles. The van der Waals surface area contributed by atoms with Gasteiger partial charge in [0.25, 0.3) is 0 Å². The SMILES string of the molecule is CCCC(CC)SN(C(=O)Oc1cccc(OCC(OC)OC)c1)c1ccccc1. The lowest BCUT2D eigenvalue weighted by molar-refractivity contribution is -0.121. The zero-order valence-corrected chi connectivity index (χ0v) is 18.9. The van der Waals surface area contributed by atoms with Crippen LogP contribution in [0.15, 0.2) is 54.6 Å². The fourth-order valence-corrected chi connectivity index (χ4v) is 3.90. The van der Waals surface area contributed by atoms with Crippen molar-refractivity contribution in [1.82, 2.24) is 0 Å². The van der Waals surface area contributed by atoms with E-state index in [2.05, 4.69) is 13.8 Å². The van der Waals surface area contributed by atoms with Crippen molar-refractivity contribution < 1.29 is 23.7 Å². The van der Waals surface area contributed by atoms with Crippen molar-refractivity contribution >= 4 is 23.7 Å². The van der Waals surface area contributed by atoms with Gasteiger partial charge in [0.15, 0.2) is 6.29 Å². The number of para-hydroxylation sites is 1. The van der Waals surface area contributed by atoms with Gasteiger partial charge in [0.05, 0.1) is 5.69 Å². The van der Waals surface area contributed by atoms with E-state index in [9.17, 15) is 4.79 Å². The topological polar surface area (TPSA) is 57.2 Å². The predicted molar refractivity (Wildman–Crippen MR) is 121 cm³/mol. The number of carbonyl (C=O) groups excluding carboxylic acids is 1. The number of benzene rings is 2. The molecule has 0 aliphatic carbocycles. The Bertz CT molecular complexity index is 754.